The monoisotopic (exact) mass is 385 g/mol. The number of halogens is 2. The van der Waals surface area contributed by atoms with Crippen LogP contribution in [0.25, 0.3) is 10.9 Å². The number of aromatic nitrogens is 1. The molecule has 0 unspecified atom stereocenters. The molecule has 2 aromatic carbocycles. The highest BCUT2D eigenvalue weighted by molar-refractivity contribution is 6.35. The molecule has 0 atom stereocenters. The predicted octanol–water partition coefficient (Wildman–Crippen LogP) is 3.93. The molecule has 4 nitrogen and oxygen atoms in total. The summed E-state index contributed by atoms with van der Waals surface area (Å²) in [4.78, 5) is 17.0. The van der Waals surface area contributed by atoms with Crippen molar-refractivity contribution in [1.29, 1.82) is 0 Å². The second-order valence-corrected chi connectivity index (χ2v) is 7.33. The van der Waals surface area contributed by atoms with Crippen LogP contribution >= 0.6 is 11.6 Å². The molecule has 27 heavy (non-hydrogen) atoms. The fourth-order valence-electron chi connectivity index (χ4n) is 3.67. The minimum Gasteiger partial charge on any atom is -0.340 e. The van der Waals surface area contributed by atoms with Gasteiger partial charge in [0.1, 0.15) is 11.5 Å². The van der Waals surface area contributed by atoms with Gasteiger partial charge in [0.2, 0.25) is 0 Å². The summed E-state index contributed by atoms with van der Waals surface area (Å²) < 4.78 is 15.7. The fourth-order valence-corrected chi connectivity index (χ4v) is 3.89. The average Bonchev–Trinajstić information content (AvgIpc) is 3.02. The summed E-state index contributed by atoms with van der Waals surface area (Å²) in [6, 6.07) is 14.4. The molecule has 140 valence electrons. The Morgan fingerprint density at radius 1 is 1.07 bits per heavy atom. The lowest BCUT2D eigenvalue weighted by molar-refractivity contribution is 0.0618. The third-order valence-electron chi connectivity index (χ3n) is 5.26. The van der Waals surface area contributed by atoms with E-state index in [-0.39, 0.29) is 11.7 Å². The van der Waals surface area contributed by atoms with Crippen LogP contribution in [0.2, 0.25) is 5.02 Å². The number of carbonyl (C=O) groups excluding carboxylic acids is 1. The van der Waals surface area contributed by atoms with E-state index in [0.29, 0.717) is 35.9 Å². The van der Waals surface area contributed by atoms with E-state index in [1.807, 2.05) is 52.9 Å². The van der Waals surface area contributed by atoms with Gasteiger partial charge in [0, 0.05) is 61.3 Å². The van der Waals surface area contributed by atoms with Gasteiger partial charge < -0.3 is 9.47 Å². The van der Waals surface area contributed by atoms with Gasteiger partial charge in [0.15, 0.2) is 0 Å². The minimum absolute atomic E-state index is 0.00954. The highest BCUT2D eigenvalue weighted by Crippen LogP contribution is 2.27. The third-order valence-corrected chi connectivity index (χ3v) is 5.59. The highest BCUT2D eigenvalue weighted by atomic mass is 35.5. The average molecular weight is 386 g/mol. The molecule has 0 spiro atoms. The molecule has 1 fully saturated rings. The van der Waals surface area contributed by atoms with E-state index in [9.17, 15) is 9.18 Å². The van der Waals surface area contributed by atoms with Crippen LogP contribution in [0, 0.1) is 5.82 Å². The number of nitrogens with zero attached hydrogens (tertiary/aromatic N) is 3. The van der Waals surface area contributed by atoms with Crippen LogP contribution in [-0.2, 0) is 13.6 Å². The van der Waals surface area contributed by atoms with Gasteiger partial charge in [-0.05, 0) is 24.3 Å². The van der Waals surface area contributed by atoms with Gasteiger partial charge in [-0.3, -0.25) is 9.69 Å². The minimum atomic E-state index is -0.177. The van der Waals surface area contributed by atoms with Crippen LogP contribution < -0.4 is 0 Å². The van der Waals surface area contributed by atoms with Crippen LogP contribution in [-0.4, -0.2) is 46.5 Å². The second-order valence-electron chi connectivity index (χ2n) is 6.92. The van der Waals surface area contributed by atoms with Crippen molar-refractivity contribution in [2.24, 2.45) is 7.05 Å². The zero-order valence-corrected chi connectivity index (χ0v) is 15.9. The second kappa shape index (κ2) is 7.33. The summed E-state index contributed by atoms with van der Waals surface area (Å²) in [7, 11) is 1.89. The molecule has 4 rings (SSSR count). The number of aryl methyl sites for hydroxylation is 1. The highest BCUT2D eigenvalue weighted by Gasteiger charge is 2.25. The smallest absolute Gasteiger partial charge is 0.270 e. The number of amides is 1. The quantitative estimate of drug-likeness (QED) is 0.683. The first-order valence-corrected chi connectivity index (χ1v) is 9.41. The Morgan fingerprint density at radius 2 is 1.81 bits per heavy atom. The van der Waals surface area contributed by atoms with Crippen LogP contribution in [0.15, 0.2) is 48.5 Å². The lowest BCUT2D eigenvalue weighted by Gasteiger charge is -2.34. The van der Waals surface area contributed by atoms with E-state index < -0.39 is 0 Å². The van der Waals surface area contributed by atoms with Gasteiger partial charge in [-0.2, -0.15) is 0 Å². The van der Waals surface area contributed by atoms with Crippen LogP contribution in [0.4, 0.5) is 4.39 Å². The third kappa shape index (κ3) is 3.45. The molecule has 1 saturated heterocycles. The number of carbonyl (C=O) groups is 1. The molecule has 1 aliphatic rings. The zero-order valence-electron chi connectivity index (χ0n) is 15.2. The van der Waals surface area contributed by atoms with Crippen molar-refractivity contribution < 1.29 is 9.18 Å². The SMILES string of the molecule is Cn1c(C(=O)N2CCN(Cc3ccccc3F)CC2)cc2c(Cl)cccc21. The molecular weight excluding hydrogens is 365 g/mol. The molecule has 1 amide bonds. The maximum atomic E-state index is 13.8. The standard InChI is InChI=1S/C21H21ClFN3O/c1-24-19-8-4-6-17(22)16(19)13-20(24)21(27)26-11-9-25(10-12-26)14-15-5-2-3-7-18(15)23/h2-8,13H,9-12,14H2,1H3. The first kappa shape index (κ1) is 18.0. The Morgan fingerprint density at radius 3 is 2.52 bits per heavy atom. The van der Waals surface area contributed by atoms with Crippen molar-refractivity contribution >= 4 is 28.4 Å². The van der Waals surface area contributed by atoms with Gasteiger partial charge in [0.25, 0.3) is 5.91 Å². The predicted molar refractivity (Wildman–Crippen MR) is 106 cm³/mol. The van der Waals surface area contributed by atoms with Crippen LogP contribution in [0.3, 0.4) is 0 Å². The van der Waals surface area contributed by atoms with Crippen molar-refractivity contribution in [3.05, 3.63) is 70.6 Å². The first-order valence-electron chi connectivity index (χ1n) is 9.03. The number of rotatable bonds is 3. The molecule has 0 N–H and O–H groups in total. The molecular formula is C21H21ClFN3O. The number of hydrogen-bond donors (Lipinski definition) is 0. The van der Waals surface area contributed by atoms with Gasteiger partial charge >= 0.3 is 0 Å². The maximum Gasteiger partial charge on any atom is 0.270 e. The summed E-state index contributed by atoms with van der Waals surface area (Å²) >= 11 is 6.27. The Balaban J connectivity index is 1.45. The molecule has 0 aliphatic carbocycles. The lowest BCUT2D eigenvalue weighted by Crippen LogP contribution is -2.48. The van der Waals surface area contributed by atoms with Crippen LogP contribution in [0.1, 0.15) is 16.1 Å². The number of benzene rings is 2. The van der Waals surface area contributed by atoms with Gasteiger partial charge in [0.05, 0.1) is 0 Å². The zero-order chi connectivity index (χ0) is 19.0. The molecule has 0 saturated carbocycles. The lowest BCUT2D eigenvalue weighted by atomic mass is 10.2. The Hall–Kier alpha value is -2.37. The largest absolute Gasteiger partial charge is 0.340 e. The van der Waals surface area contributed by atoms with Crippen LogP contribution in [0.5, 0.6) is 0 Å². The summed E-state index contributed by atoms with van der Waals surface area (Å²) in [5, 5.41) is 1.54. The first-order chi connectivity index (χ1) is 13.0. The molecule has 1 aliphatic heterocycles. The Labute approximate surface area is 162 Å². The topological polar surface area (TPSA) is 28.5 Å². The Bertz CT molecular complexity index is 992. The Kier molecular flexibility index (Phi) is 4.89. The van der Waals surface area contributed by atoms with Crippen molar-refractivity contribution in [3.63, 3.8) is 0 Å². The number of piperazine rings is 1. The molecule has 2 heterocycles. The molecule has 3 aromatic rings. The van der Waals surface area contributed by atoms with E-state index in [1.54, 1.807) is 6.07 Å². The van der Waals surface area contributed by atoms with Crippen molar-refractivity contribution in [3.8, 4) is 0 Å². The van der Waals surface area contributed by atoms with Crippen molar-refractivity contribution in [1.82, 2.24) is 14.4 Å². The molecule has 0 bridgehead atoms. The molecule has 0 radical (unpaired) electrons. The summed E-state index contributed by atoms with van der Waals surface area (Å²) in [6.07, 6.45) is 0. The summed E-state index contributed by atoms with van der Waals surface area (Å²) in [5.41, 5.74) is 2.28. The van der Waals surface area contributed by atoms with Crippen molar-refractivity contribution in [2.45, 2.75) is 6.54 Å². The summed E-state index contributed by atoms with van der Waals surface area (Å²) in [5.74, 6) is -0.168. The van der Waals surface area contributed by atoms with E-state index in [0.717, 1.165) is 24.0 Å². The molecule has 6 heteroatoms. The van der Waals surface area contributed by atoms with E-state index in [1.165, 1.54) is 6.07 Å². The molecule has 1 aromatic heterocycles. The number of fused-ring (bicyclic) bond motifs is 1. The van der Waals surface area contributed by atoms with E-state index in [2.05, 4.69) is 4.90 Å². The van der Waals surface area contributed by atoms with Gasteiger partial charge in [-0.1, -0.05) is 35.9 Å². The van der Waals surface area contributed by atoms with Crippen molar-refractivity contribution in [2.75, 3.05) is 26.2 Å². The number of hydrogen-bond acceptors (Lipinski definition) is 2. The van der Waals surface area contributed by atoms with Gasteiger partial charge in [-0.25, -0.2) is 4.39 Å². The maximum absolute atomic E-state index is 13.8. The van der Waals surface area contributed by atoms with Gasteiger partial charge in [-0.15, -0.1) is 0 Å². The van der Waals surface area contributed by atoms with E-state index >= 15 is 0 Å². The van der Waals surface area contributed by atoms with E-state index in [4.69, 9.17) is 11.6 Å². The summed E-state index contributed by atoms with van der Waals surface area (Å²) in [6.45, 7) is 3.28. The fraction of sp³-hybridized carbons (Fsp3) is 0.286. The normalized spacial score (nSPS) is 15.4.